The molecule has 1 saturated heterocycles. The van der Waals surface area contributed by atoms with Crippen molar-refractivity contribution in [2.45, 2.75) is 18.9 Å². The first kappa shape index (κ1) is 9.02. The van der Waals surface area contributed by atoms with E-state index in [4.69, 9.17) is 0 Å². The van der Waals surface area contributed by atoms with Crippen LogP contribution in [0.25, 0.3) is 0 Å². The fourth-order valence-corrected chi connectivity index (χ4v) is 2.24. The predicted octanol–water partition coefficient (Wildman–Crippen LogP) is -0.0426. The van der Waals surface area contributed by atoms with E-state index in [0.29, 0.717) is 0 Å². The van der Waals surface area contributed by atoms with Crippen molar-refractivity contribution in [2.24, 2.45) is 4.99 Å². The van der Waals surface area contributed by atoms with Gasteiger partial charge in [0, 0.05) is 5.75 Å². The van der Waals surface area contributed by atoms with E-state index in [1.54, 1.807) is 11.8 Å². The van der Waals surface area contributed by atoms with Crippen molar-refractivity contribution in [3.05, 3.63) is 0 Å². The number of nitrogens with zero attached hydrogens (tertiary/aromatic N) is 1. The number of amidine groups is 1. The quantitative estimate of drug-likeness (QED) is 0.623. The average Bonchev–Trinajstić information content (AvgIpc) is 2.74. The number of amides is 1. The van der Waals surface area contributed by atoms with Gasteiger partial charge in [-0.25, -0.2) is 0 Å². The largest absolute Gasteiger partial charge is 0.306 e. The van der Waals surface area contributed by atoms with Gasteiger partial charge in [-0.1, -0.05) is 11.8 Å². The van der Waals surface area contributed by atoms with E-state index in [-0.39, 0.29) is 11.9 Å². The molecule has 0 aromatic heterocycles. The van der Waals surface area contributed by atoms with Crippen LogP contribution in [0.2, 0.25) is 0 Å². The number of thioether (sulfide) groups is 1. The maximum absolute atomic E-state index is 11.5. The number of nitrogens with one attached hydrogen (secondary N) is 2. The molecule has 2 rings (SSSR count). The summed E-state index contributed by atoms with van der Waals surface area (Å²) in [4.78, 5) is 15.7. The normalized spacial score (nSPS) is 27.4. The Labute approximate surface area is 81.6 Å². The molecule has 0 radical (unpaired) electrons. The summed E-state index contributed by atoms with van der Waals surface area (Å²) < 4.78 is 0. The fraction of sp³-hybridized carbons (Fsp3) is 0.750. The maximum Gasteiger partial charge on any atom is 0.243 e. The van der Waals surface area contributed by atoms with Gasteiger partial charge in [-0.3, -0.25) is 9.79 Å². The Kier molecular flexibility index (Phi) is 2.85. The molecule has 0 saturated carbocycles. The van der Waals surface area contributed by atoms with Crippen LogP contribution in [0, 0.1) is 0 Å². The van der Waals surface area contributed by atoms with Gasteiger partial charge in [0.25, 0.3) is 0 Å². The van der Waals surface area contributed by atoms with Crippen molar-refractivity contribution in [3.8, 4) is 0 Å². The zero-order valence-corrected chi connectivity index (χ0v) is 8.19. The molecule has 2 aliphatic heterocycles. The molecule has 0 aromatic rings. The fourth-order valence-electron chi connectivity index (χ4n) is 1.51. The van der Waals surface area contributed by atoms with Crippen LogP contribution in [0.3, 0.4) is 0 Å². The number of hydrogen-bond acceptors (Lipinski definition) is 4. The smallest absolute Gasteiger partial charge is 0.243 e. The Hall–Kier alpha value is -0.550. The van der Waals surface area contributed by atoms with Crippen LogP contribution in [-0.4, -0.2) is 36.0 Å². The van der Waals surface area contributed by atoms with Crippen LogP contribution in [0.15, 0.2) is 4.99 Å². The number of carbonyl (C=O) groups is 1. The second-order valence-electron chi connectivity index (χ2n) is 3.17. The summed E-state index contributed by atoms with van der Waals surface area (Å²) in [5.74, 6) is 1.07. The lowest BCUT2D eigenvalue weighted by molar-refractivity contribution is -0.121. The van der Waals surface area contributed by atoms with Gasteiger partial charge in [-0.05, 0) is 19.4 Å². The van der Waals surface area contributed by atoms with E-state index in [1.165, 1.54) is 0 Å². The van der Waals surface area contributed by atoms with Gasteiger partial charge >= 0.3 is 0 Å². The molecule has 72 valence electrons. The monoisotopic (exact) mass is 199 g/mol. The van der Waals surface area contributed by atoms with Gasteiger partial charge in [0.1, 0.15) is 0 Å². The van der Waals surface area contributed by atoms with E-state index >= 15 is 0 Å². The molecule has 5 heteroatoms. The SMILES string of the molecule is O=C(NC1=NCCS1)[C@H]1CCCN1. The molecule has 13 heavy (non-hydrogen) atoms. The average molecular weight is 199 g/mol. The summed E-state index contributed by atoms with van der Waals surface area (Å²) in [6, 6.07) is 0.00361. The highest BCUT2D eigenvalue weighted by Gasteiger charge is 2.23. The summed E-state index contributed by atoms with van der Waals surface area (Å²) in [6.45, 7) is 1.79. The maximum atomic E-state index is 11.5. The number of rotatable bonds is 1. The van der Waals surface area contributed by atoms with Crippen LogP contribution < -0.4 is 10.6 Å². The van der Waals surface area contributed by atoms with Gasteiger partial charge in [0.2, 0.25) is 5.91 Å². The van der Waals surface area contributed by atoms with Crippen molar-refractivity contribution in [1.82, 2.24) is 10.6 Å². The van der Waals surface area contributed by atoms with Crippen LogP contribution in [0.1, 0.15) is 12.8 Å². The Morgan fingerprint density at radius 3 is 3.23 bits per heavy atom. The first-order chi connectivity index (χ1) is 6.36. The molecule has 1 amide bonds. The third kappa shape index (κ3) is 2.22. The molecule has 4 nitrogen and oxygen atoms in total. The molecule has 2 heterocycles. The molecule has 2 aliphatic rings. The van der Waals surface area contributed by atoms with E-state index in [1.807, 2.05) is 0 Å². The van der Waals surface area contributed by atoms with Crippen molar-refractivity contribution in [3.63, 3.8) is 0 Å². The van der Waals surface area contributed by atoms with Gasteiger partial charge in [0.05, 0.1) is 12.6 Å². The lowest BCUT2D eigenvalue weighted by Crippen LogP contribution is -2.42. The lowest BCUT2D eigenvalue weighted by atomic mass is 10.2. The number of hydrogen-bond donors (Lipinski definition) is 2. The second kappa shape index (κ2) is 4.11. The lowest BCUT2D eigenvalue weighted by Gasteiger charge is -2.09. The summed E-state index contributed by atoms with van der Waals surface area (Å²) in [7, 11) is 0. The minimum atomic E-state index is 0.00361. The molecule has 0 aromatic carbocycles. The van der Waals surface area contributed by atoms with Crippen LogP contribution in [0.4, 0.5) is 0 Å². The van der Waals surface area contributed by atoms with Gasteiger partial charge in [0.15, 0.2) is 5.17 Å². The number of carbonyl (C=O) groups excluding carboxylic acids is 1. The molecular weight excluding hydrogens is 186 g/mol. The molecular formula is C8H13N3OS. The standard InChI is InChI=1S/C8H13N3OS/c12-7(6-2-1-3-9-6)11-8-10-4-5-13-8/h6,9H,1-5H2,(H,10,11,12)/t6-/m1/s1. The zero-order chi connectivity index (χ0) is 9.10. The Balaban J connectivity index is 1.83. The topological polar surface area (TPSA) is 53.5 Å². The number of aliphatic imine (C=N–C) groups is 1. The Morgan fingerprint density at radius 2 is 2.62 bits per heavy atom. The molecule has 1 fully saturated rings. The molecule has 0 spiro atoms. The highest BCUT2D eigenvalue weighted by molar-refractivity contribution is 8.14. The second-order valence-corrected chi connectivity index (χ2v) is 4.26. The minimum absolute atomic E-state index is 0.00361. The highest BCUT2D eigenvalue weighted by atomic mass is 32.2. The minimum Gasteiger partial charge on any atom is -0.306 e. The summed E-state index contributed by atoms with van der Waals surface area (Å²) in [5, 5.41) is 6.78. The van der Waals surface area contributed by atoms with E-state index < -0.39 is 0 Å². The van der Waals surface area contributed by atoms with E-state index in [9.17, 15) is 4.79 Å². The first-order valence-electron chi connectivity index (χ1n) is 4.58. The van der Waals surface area contributed by atoms with Crippen LogP contribution >= 0.6 is 11.8 Å². The third-order valence-electron chi connectivity index (χ3n) is 2.19. The summed E-state index contributed by atoms with van der Waals surface area (Å²) in [5.41, 5.74) is 0. The van der Waals surface area contributed by atoms with Crippen molar-refractivity contribution in [1.29, 1.82) is 0 Å². The molecule has 1 atom stereocenters. The summed E-state index contributed by atoms with van der Waals surface area (Å²) >= 11 is 1.62. The van der Waals surface area contributed by atoms with Gasteiger partial charge in [-0.15, -0.1) is 0 Å². The van der Waals surface area contributed by atoms with Crippen molar-refractivity contribution in [2.75, 3.05) is 18.8 Å². The molecule has 0 aliphatic carbocycles. The predicted molar refractivity (Wildman–Crippen MR) is 53.9 cm³/mol. The van der Waals surface area contributed by atoms with E-state index in [2.05, 4.69) is 15.6 Å². The van der Waals surface area contributed by atoms with Crippen LogP contribution in [-0.2, 0) is 4.79 Å². The van der Waals surface area contributed by atoms with Crippen molar-refractivity contribution >= 4 is 22.8 Å². The first-order valence-corrected chi connectivity index (χ1v) is 5.56. The van der Waals surface area contributed by atoms with Gasteiger partial charge < -0.3 is 10.6 Å². The van der Waals surface area contributed by atoms with E-state index in [0.717, 1.165) is 36.9 Å². The Morgan fingerprint density at radius 1 is 1.69 bits per heavy atom. The third-order valence-corrected chi connectivity index (χ3v) is 3.08. The molecule has 0 unspecified atom stereocenters. The highest BCUT2D eigenvalue weighted by Crippen LogP contribution is 2.10. The summed E-state index contributed by atoms with van der Waals surface area (Å²) in [6.07, 6.45) is 2.04. The van der Waals surface area contributed by atoms with Crippen LogP contribution in [0.5, 0.6) is 0 Å². The molecule has 0 bridgehead atoms. The van der Waals surface area contributed by atoms with Crippen molar-refractivity contribution < 1.29 is 4.79 Å². The Bertz CT molecular complexity index is 236. The zero-order valence-electron chi connectivity index (χ0n) is 7.38. The van der Waals surface area contributed by atoms with Gasteiger partial charge in [-0.2, -0.15) is 0 Å². The molecule has 2 N–H and O–H groups in total.